The van der Waals surface area contributed by atoms with E-state index in [1.165, 1.54) is 0 Å². The van der Waals surface area contributed by atoms with Gasteiger partial charge >= 0.3 is 35.5 Å². The predicted molar refractivity (Wildman–Crippen MR) is 63.6 cm³/mol. The minimum Gasteiger partial charge on any atom is -0.691 e. The van der Waals surface area contributed by atoms with Gasteiger partial charge in [-0.3, -0.25) is 9.83 Å². The molecule has 1 aromatic rings. The Kier molecular flexibility index (Phi) is 11.0. The standard InChI is InChI=1S/C9H9IO5S.Na/c10-6-5-9(11)13-7-1-3-8(4-2-7)16-15-14-12;/h1-4,12H,5-6H2;/q;+1/p-1. The summed E-state index contributed by atoms with van der Waals surface area (Å²) in [5, 5.41) is 12.8. The molecule has 0 spiro atoms. The molecule has 0 N–H and O–H groups in total. The number of hydrogen-bond donors (Lipinski definition) is 0. The third-order valence-corrected chi connectivity index (χ3v) is 2.64. The van der Waals surface area contributed by atoms with Gasteiger partial charge in [0, 0.05) is 9.32 Å². The Morgan fingerprint density at radius 3 is 2.53 bits per heavy atom. The molecule has 88 valence electrons. The van der Waals surface area contributed by atoms with Gasteiger partial charge in [0.25, 0.3) is 0 Å². The number of carbonyl (C=O) groups is 1. The number of hydrogen-bond acceptors (Lipinski definition) is 6. The van der Waals surface area contributed by atoms with Gasteiger partial charge in [0.15, 0.2) is 0 Å². The molecule has 0 bridgehead atoms. The van der Waals surface area contributed by atoms with E-state index in [1.807, 2.05) is 0 Å². The van der Waals surface area contributed by atoms with E-state index in [-0.39, 0.29) is 35.5 Å². The van der Waals surface area contributed by atoms with Gasteiger partial charge in [-0.1, -0.05) is 22.6 Å². The normalized spacial score (nSPS) is 9.53. The number of ether oxygens (including phenoxy) is 1. The molecule has 0 saturated heterocycles. The van der Waals surface area contributed by atoms with Gasteiger partial charge < -0.3 is 9.99 Å². The van der Waals surface area contributed by atoms with Crippen molar-refractivity contribution in [1.82, 2.24) is 0 Å². The molecule has 0 heterocycles. The van der Waals surface area contributed by atoms with Gasteiger partial charge in [-0.2, -0.15) is 4.33 Å². The molecule has 0 aliphatic heterocycles. The van der Waals surface area contributed by atoms with E-state index in [1.54, 1.807) is 24.3 Å². The van der Waals surface area contributed by atoms with E-state index < -0.39 is 0 Å². The molecule has 0 aliphatic carbocycles. The summed E-state index contributed by atoms with van der Waals surface area (Å²) in [5.74, 6) is 0.191. The Labute approximate surface area is 139 Å². The van der Waals surface area contributed by atoms with E-state index in [9.17, 15) is 10.1 Å². The zero-order chi connectivity index (χ0) is 11.8. The van der Waals surface area contributed by atoms with E-state index >= 15 is 0 Å². The molecule has 0 aromatic heterocycles. The molecule has 1 rings (SSSR count). The molecule has 0 fully saturated rings. The molecule has 0 atom stereocenters. The van der Waals surface area contributed by atoms with Crippen LogP contribution in [0.15, 0.2) is 29.2 Å². The predicted octanol–water partition coefficient (Wildman–Crippen LogP) is -1.35. The Balaban J connectivity index is 0.00000256. The van der Waals surface area contributed by atoms with Crippen molar-refractivity contribution in [3.8, 4) is 5.75 Å². The third-order valence-electron chi connectivity index (χ3n) is 1.51. The molecule has 8 heteroatoms. The SMILES string of the molecule is O=C(CCI)Oc1ccc(SOO[O-])cc1.[Na+]. The topological polar surface area (TPSA) is 67.8 Å². The molecular formula is C9H8INaO5S. The third kappa shape index (κ3) is 7.62. The fraction of sp³-hybridized carbons (Fsp3) is 0.222. The van der Waals surface area contributed by atoms with Crippen LogP contribution in [0.1, 0.15) is 6.42 Å². The molecule has 0 radical (unpaired) electrons. The van der Waals surface area contributed by atoms with Crippen molar-refractivity contribution in [1.29, 1.82) is 0 Å². The second-order valence-electron chi connectivity index (χ2n) is 2.60. The van der Waals surface area contributed by atoms with E-state index in [2.05, 4.69) is 32.0 Å². The first kappa shape index (κ1) is 17.6. The monoisotopic (exact) mass is 378 g/mol. The van der Waals surface area contributed by atoms with Gasteiger partial charge in [0.05, 0.1) is 18.5 Å². The summed E-state index contributed by atoms with van der Waals surface area (Å²) in [7, 11) is 0. The smallest absolute Gasteiger partial charge is 0.691 e. The van der Waals surface area contributed by atoms with Crippen LogP contribution in [0.25, 0.3) is 0 Å². The minimum atomic E-state index is -0.269. The van der Waals surface area contributed by atoms with E-state index in [0.717, 1.165) is 16.5 Å². The summed E-state index contributed by atoms with van der Waals surface area (Å²) in [4.78, 5) is 11.8. The average molecular weight is 378 g/mol. The van der Waals surface area contributed by atoms with Gasteiger partial charge in [-0.25, -0.2) is 0 Å². The van der Waals surface area contributed by atoms with Crippen LogP contribution in [0.2, 0.25) is 0 Å². The summed E-state index contributed by atoms with van der Waals surface area (Å²) < 4.78 is 9.88. The zero-order valence-electron chi connectivity index (χ0n) is 9.05. The van der Waals surface area contributed by atoms with Crippen LogP contribution in [0.4, 0.5) is 0 Å². The summed E-state index contributed by atoms with van der Waals surface area (Å²) in [6.45, 7) is 0. The first-order valence-corrected chi connectivity index (χ1v) is 6.53. The van der Waals surface area contributed by atoms with Crippen molar-refractivity contribution in [2.45, 2.75) is 11.3 Å². The number of esters is 1. The largest absolute Gasteiger partial charge is 1.00 e. The number of rotatable bonds is 6. The second kappa shape index (κ2) is 10.6. The molecular weight excluding hydrogens is 370 g/mol. The van der Waals surface area contributed by atoms with E-state index in [0.29, 0.717) is 17.1 Å². The number of alkyl halides is 1. The van der Waals surface area contributed by atoms with Crippen LogP contribution in [0, 0.1) is 0 Å². The van der Waals surface area contributed by atoms with Crippen molar-refractivity contribution < 1.29 is 53.7 Å². The van der Waals surface area contributed by atoms with Gasteiger partial charge in [0.1, 0.15) is 5.75 Å². The first-order valence-electron chi connectivity index (χ1n) is 4.26. The fourth-order valence-electron chi connectivity index (χ4n) is 0.876. The van der Waals surface area contributed by atoms with Crippen LogP contribution in [0.3, 0.4) is 0 Å². The molecule has 0 saturated carbocycles. The van der Waals surface area contributed by atoms with Crippen LogP contribution in [-0.2, 0) is 14.2 Å². The zero-order valence-corrected chi connectivity index (χ0v) is 14.0. The maximum absolute atomic E-state index is 11.2. The Hall–Kier alpha value is 0.650. The van der Waals surface area contributed by atoms with Crippen LogP contribution in [-0.4, -0.2) is 10.4 Å². The maximum Gasteiger partial charge on any atom is 1.00 e. The molecule has 17 heavy (non-hydrogen) atoms. The van der Waals surface area contributed by atoms with Crippen molar-refractivity contribution in [3.05, 3.63) is 24.3 Å². The summed E-state index contributed by atoms with van der Waals surface area (Å²) >= 11 is 2.88. The van der Waals surface area contributed by atoms with Crippen molar-refractivity contribution >= 4 is 40.6 Å². The second-order valence-corrected chi connectivity index (χ2v) is 4.46. The Morgan fingerprint density at radius 2 is 2.00 bits per heavy atom. The molecule has 5 nitrogen and oxygen atoms in total. The minimum absolute atomic E-state index is 0. The molecule has 0 unspecified atom stereocenters. The quantitative estimate of drug-likeness (QED) is 0.0892. The maximum atomic E-state index is 11.2. The van der Waals surface area contributed by atoms with Crippen LogP contribution >= 0.6 is 34.6 Å². The van der Waals surface area contributed by atoms with Crippen molar-refractivity contribution in [2.75, 3.05) is 4.43 Å². The summed E-state index contributed by atoms with van der Waals surface area (Å²) in [5.41, 5.74) is 0. The van der Waals surface area contributed by atoms with Gasteiger partial charge in [-0.15, -0.1) is 0 Å². The van der Waals surface area contributed by atoms with Gasteiger partial charge in [-0.05, 0) is 24.3 Å². The number of carbonyl (C=O) groups excluding carboxylic acids is 1. The van der Waals surface area contributed by atoms with Crippen molar-refractivity contribution in [2.24, 2.45) is 0 Å². The van der Waals surface area contributed by atoms with Gasteiger partial charge in [0.2, 0.25) is 0 Å². The van der Waals surface area contributed by atoms with E-state index in [4.69, 9.17) is 4.74 Å². The molecule has 0 amide bonds. The van der Waals surface area contributed by atoms with Crippen molar-refractivity contribution in [3.63, 3.8) is 0 Å². The summed E-state index contributed by atoms with van der Waals surface area (Å²) in [6, 6.07) is 6.52. The average Bonchev–Trinajstić information content (AvgIpc) is 2.28. The Bertz CT molecular complexity index is 335. The van der Waals surface area contributed by atoms with Crippen LogP contribution in [0.5, 0.6) is 5.75 Å². The first-order chi connectivity index (χ1) is 7.76. The molecule has 0 aliphatic rings. The Morgan fingerprint density at radius 1 is 1.35 bits per heavy atom. The molecule has 1 aromatic carbocycles. The number of benzene rings is 1. The number of halogens is 1. The van der Waals surface area contributed by atoms with Crippen LogP contribution < -0.4 is 39.6 Å². The summed E-state index contributed by atoms with van der Waals surface area (Å²) in [6.07, 6.45) is 0.379. The fourth-order valence-corrected chi connectivity index (χ4v) is 1.67.